The van der Waals surface area contributed by atoms with Gasteiger partial charge in [-0.05, 0) is 47.0 Å². The van der Waals surface area contributed by atoms with E-state index in [9.17, 15) is 60.3 Å². The molecule has 0 bridgehead atoms. The molecule has 0 radical (unpaired) electrons. The number of aliphatic hydroxyl groups is 9. The van der Waals surface area contributed by atoms with E-state index in [2.05, 4.69) is 6.92 Å². The quantitative estimate of drug-likeness (QED) is 0.0617. The Kier molecular flexibility index (Phi) is 25.4. The molecule has 6 rings (SSSR count). The number of fused-ring (bicyclic) bond motifs is 2. The van der Waals surface area contributed by atoms with E-state index in [0.717, 1.165) is 57.8 Å². The van der Waals surface area contributed by atoms with Crippen molar-refractivity contribution >= 4 is 17.9 Å². The van der Waals surface area contributed by atoms with Gasteiger partial charge < -0.3 is 108 Å². The van der Waals surface area contributed by atoms with Crippen LogP contribution in [0.4, 0.5) is 0 Å². The zero-order valence-electron chi connectivity index (χ0n) is 47.1. The molecule has 6 aliphatic rings. The molecule has 0 amide bonds. The topological polar surface area (TPSA) is 353 Å². The van der Waals surface area contributed by atoms with Crippen LogP contribution in [-0.2, 0) is 76.0 Å². The first-order valence-corrected chi connectivity index (χ1v) is 28.7. The summed E-state index contributed by atoms with van der Waals surface area (Å²) in [5, 5.41) is 101. The summed E-state index contributed by atoms with van der Waals surface area (Å²) >= 11 is 0. The molecule has 79 heavy (non-hydrogen) atoms. The van der Waals surface area contributed by atoms with E-state index in [1.165, 1.54) is 34.6 Å². The zero-order valence-corrected chi connectivity index (χ0v) is 47.1. The Balaban J connectivity index is 1.35. The van der Waals surface area contributed by atoms with Gasteiger partial charge in [-0.25, -0.2) is 0 Å². The first-order chi connectivity index (χ1) is 37.5. The fraction of sp³-hybridized carbons (Fsp3) is 0.944. The molecule has 6 saturated heterocycles. The lowest BCUT2D eigenvalue weighted by atomic mass is 9.95. The van der Waals surface area contributed by atoms with Crippen LogP contribution in [0.5, 0.6) is 0 Å². The summed E-state index contributed by atoms with van der Waals surface area (Å²) < 4.78 is 80.7. The van der Waals surface area contributed by atoms with Crippen molar-refractivity contribution in [3.8, 4) is 0 Å². The normalized spacial score (nSPS) is 44.4. The van der Waals surface area contributed by atoms with Gasteiger partial charge in [0.25, 0.3) is 0 Å². The average Bonchev–Trinajstić information content (AvgIpc) is 3.40. The molecular formula is C54H92O25. The summed E-state index contributed by atoms with van der Waals surface area (Å²) in [5.74, 6) is -3.67. The number of hydrogen-bond donors (Lipinski definition) is 9. The first-order valence-electron chi connectivity index (χ1n) is 28.7. The number of esters is 3. The lowest BCUT2D eigenvalue weighted by Gasteiger charge is -2.51. The maximum Gasteiger partial charge on any atom is 0.308 e. The van der Waals surface area contributed by atoms with E-state index < -0.39 is 190 Å². The van der Waals surface area contributed by atoms with Crippen LogP contribution in [0.15, 0.2) is 0 Å². The van der Waals surface area contributed by atoms with Gasteiger partial charge in [0.15, 0.2) is 49.8 Å². The molecule has 26 atom stereocenters. The minimum absolute atomic E-state index is 0.0403. The summed E-state index contributed by atoms with van der Waals surface area (Å²) in [4.78, 5) is 40.2. The van der Waals surface area contributed by atoms with E-state index in [1.54, 1.807) is 20.8 Å². The van der Waals surface area contributed by atoms with Crippen LogP contribution in [0.3, 0.4) is 0 Å². The Morgan fingerprint density at radius 3 is 1.68 bits per heavy atom. The molecule has 25 heteroatoms. The van der Waals surface area contributed by atoms with Gasteiger partial charge in [-0.2, -0.15) is 0 Å². The van der Waals surface area contributed by atoms with Gasteiger partial charge in [0.1, 0.15) is 79.4 Å². The Morgan fingerprint density at radius 1 is 0.506 bits per heavy atom. The lowest BCUT2D eigenvalue weighted by molar-refractivity contribution is -0.400. The number of unbranched alkanes of at least 4 members (excludes halogenated alkanes) is 2. The van der Waals surface area contributed by atoms with E-state index in [1.807, 2.05) is 0 Å². The standard InChI is InChI=1S/C54H92O25/c1-10-11-17-20-30-21-18-15-13-12-14-16-19-22-32(56)73-45-40(64)42(28(8)69-53(45)78-44-36(60)33(57)26(6)67-52(44)71-30)76-54-47(75-49(66)25(4)5)46(79-51-38(62)35(59)34(58)31(23-55)72-51)43(29(9)70-54)77-50-39(63)37(61)41(27(7)68-50)74-48(65)24(2)3/h24-31,33-47,50-55,57-64H,10-23H2,1-9H3. The molecule has 6 heterocycles. The molecule has 6 aliphatic heterocycles. The van der Waals surface area contributed by atoms with Crippen molar-refractivity contribution in [2.24, 2.45) is 11.8 Å². The fourth-order valence-electron chi connectivity index (χ4n) is 10.7. The van der Waals surface area contributed by atoms with Crippen LogP contribution < -0.4 is 0 Å². The third-order valence-electron chi connectivity index (χ3n) is 15.6. The van der Waals surface area contributed by atoms with Crippen LogP contribution in [0.25, 0.3) is 0 Å². The molecule has 6 fully saturated rings. The van der Waals surface area contributed by atoms with Gasteiger partial charge in [0.05, 0.1) is 49.0 Å². The Bertz CT molecular complexity index is 1860. The summed E-state index contributed by atoms with van der Waals surface area (Å²) in [7, 11) is 0. The Morgan fingerprint density at radius 2 is 1.04 bits per heavy atom. The van der Waals surface area contributed by atoms with Crippen LogP contribution in [0.1, 0.15) is 146 Å². The highest BCUT2D eigenvalue weighted by Gasteiger charge is 2.59. The van der Waals surface area contributed by atoms with Gasteiger partial charge in [-0.3, -0.25) is 14.4 Å². The number of rotatable bonds is 15. The molecule has 0 aliphatic carbocycles. The Labute approximate surface area is 462 Å². The maximum absolute atomic E-state index is 13.8. The van der Waals surface area contributed by atoms with Crippen molar-refractivity contribution in [1.29, 1.82) is 0 Å². The predicted octanol–water partition coefficient (Wildman–Crippen LogP) is 0.648. The van der Waals surface area contributed by atoms with E-state index in [-0.39, 0.29) is 12.5 Å². The molecule has 0 spiro atoms. The molecule has 26 unspecified atom stereocenters. The highest BCUT2D eigenvalue weighted by molar-refractivity contribution is 5.72. The first kappa shape index (κ1) is 65.8. The van der Waals surface area contributed by atoms with Gasteiger partial charge in [-0.15, -0.1) is 0 Å². The molecule has 25 nitrogen and oxygen atoms in total. The van der Waals surface area contributed by atoms with Crippen molar-refractivity contribution in [2.75, 3.05) is 6.61 Å². The van der Waals surface area contributed by atoms with Gasteiger partial charge in [0.2, 0.25) is 0 Å². The van der Waals surface area contributed by atoms with Gasteiger partial charge >= 0.3 is 17.9 Å². The third-order valence-corrected chi connectivity index (χ3v) is 15.6. The summed E-state index contributed by atoms with van der Waals surface area (Å²) in [6.07, 6.45) is -29.9. The van der Waals surface area contributed by atoms with Crippen LogP contribution in [0.2, 0.25) is 0 Å². The minimum atomic E-state index is -2.01. The monoisotopic (exact) mass is 1140 g/mol. The second-order valence-electron chi connectivity index (χ2n) is 22.7. The van der Waals surface area contributed by atoms with Crippen LogP contribution in [-0.4, -0.2) is 230 Å². The highest BCUT2D eigenvalue weighted by atomic mass is 16.8. The Hall–Kier alpha value is -2.35. The van der Waals surface area contributed by atoms with E-state index in [0.29, 0.717) is 19.3 Å². The molecule has 0 aromatic heterocycles. The van der Waals surface area contributed by atoms with Crippen molar-refractivity contribution in [3.63, 3.8) is 0 Å². The minimum Gasteiger partial charge on any atom is -0.457 e. The molecule has 0 aromatic rings. The summed E-state index contributed by atoms with van der Waals surface area (Å²) in [6, 6.07) is 0. The number of carbonyl (C=O) groups excluding carboxylic acids is 3. The van der Waals surface area contributed by atoms with Crippen molar-refractivity contribution in [1.82, 2.24) is 0 Å². The number of hydrogen-bond acceptors (Lipinski definition) is 25. The van der Waals surface area contributed by atoms with Gasteiger partial charge in [0, 0.05) is 6.42 Å². The summed E-state index contributed by atoms with van der Waals surface area (Å²) in [5.41, 5.74) is 0. The maximum atomic E-state index is 13.8. The van der Waals surface area contributed by atoms with Crippen LogP contribution in [0, 0.1) is 11.8 Å². The number of carbonyl (C=O) groups is 3. The van der Waals surface area contributed by atoms with Crippen LogP contribution >= 0.6 is 0 Å². The number of ether oxygens (including phenoxy) is 13. The molecular weight excluding hydrogens is 1050 g/mol. The second kappa shape index (κ2) is 30.5. The van der Waals surface area contributed by atoms with Crippen molar-refractivity contribution in [3.05, 3.63) is 0 Å². The van der Waals surface area contributed by atoms with Gasteiger partial charge in [-0.1, -0.05) is 92.4 Å². The lowest BCUT2D eigenvalue weighted by Crippen LogP contribution is -2.68. The third kappa shape index (κ3) is 16.7. The number of aliphatic hydroxyl groups excluding tert-OH is 9. The molecule has 0 saturated carbocycles. The fourth-order valence-corrected chi connectivity index (χ4v) is 10.7. The second-order valence-corrected chi connectivity index (χ2v) is 22.7. The highest BCUT2D eigenvalue weighted by Crippen LogP contribution is 2.39. The van der Waals surface area contributed by atoms with E-state index >= 15 is 0 Å². The zero-order chi connectivity index (χ0) is 58.0. The van der Waals surface area contributed by atoms with Crippen molar-refractivity contribution in [2.45, 2.75) is 305 Å². The molecule has 458 valence electrons. The largest absolute Gasteiger partial charge is 0.457 e. The average molecular weight is 1140 g/mol. The molecule has 0 aromatic carbocycles. The summed E-state index contributed by atoms with van der Waals surface area (Å²) in [6.45, 7) is 13.5. The SMILES string of the molecule is CCCCCC1CCCCCCCCCC(=O)OC2C(OC(C)C(OC3OC(C)C(OC4OC(C)C(OC(=O)C(C)C)C(O)C4O)C(OC4OC(CO)C(O)C(O)C4O)C3OC(=O)C(C)C)C2O)OC2C(O1)OC(C)C(O)C2O. The predicted molar refractivity (Wildman–Crippen MR) is 271 cm³/mol. The van der Waals surface area contributed by atoms with Crippen molar-refractivity contribution < 1.29 is 122 Å². The molecule has 9 N–H and O–H groups in total. The van der Waals surface area contributed by atoms with E-state index in [4.69, 9.17) is 61.6 Å². The smallest absolute Gasteiger partial charge is 0.308 e.